The van der Waals surface area contributed by atoms with E-state index in [1.165, 1.54) is 18.2 Å². The molecule has 0 radical (unpaired) electrons. The Hall–Kier alpha value is -2.06. The first-order valence-electron chi connectivity index (χ1n) is 9.58. The van der Waals surface area contributed by atoms with Gasteiger partial charge in [0, 0.05) is 42.0 Å². The topological polar surface area (TPSA) is 64.7 Å². The van der Waals surface area contributed by atoms with E-state index < -0.39 is 6.43 Å². The van der Waals surface area contributed by atoms with Gasteiger partial charge < -0.3 is 10.6 Å². The Kier molecular flexibility index (Phi) is 6.00. The Morgan fingerprint density at radius 2 is 1.82 bits per heavy atom. The number of rotatable bonds is 6. The summed E-state index contributed by atoms with van der Waals surface area (Å²) in [5.74, 6) is -0.197. The fraction of sp³-hybridized carbons (Fsp3) is 0.600. The molecule has 3 heterocycles. The van der Waals surface area contributed by atoms with Crippen LogP contribution in [-0.4, -0.2) is 65.4 Å². The van der Waals surface area contributed by atoms with E-state index in [2.05, 4.69) is 20.4 Å². The molecule has 0 aromatic heterocycles. The number of nitrogens with zero attached hydrogens (tertiary/aromatic N) is 2. The normalized spacial score (nSPS) is 22.6. The number of amides is 2. The Morgan fingerprint density at radius 1 is 1.14 bits per heavy atom. The Balaban J connectivity index is 1.46. The monoisotopic (exact) mass is 394 g/mol. The number of halogens is 2. The minimum atomic E-state index is -2.56. The highest BCUT2D eigenvalue weighted by Gasteiger charge is 2.45. The molecule has 2 atom stereocenters. The maximum absolute atomic E-state index is 12.8. The third kappa shape index (κ3) is 5.26. The predicted octanol–water partition coefficient (Wildman–Crippen LogP) is 2.24. The van der Waals surface area contributed by atoms with Crippen molar-refractivity contribution in [2.24, 2.45) is 0 Å². The number of hydrogen-bond donors (Lipinski definition) is 2. The minimum Gasteiger partial charge on any atom is -0.350 e. The summed E-state index contributed by atoms with van der Waals surface area (Å²) in [5.41, 5.74) is 0.0228. The van der Waals surface area contributed by atoms with Crippen molar-refractivity contribution >= 4 is 17.5 Å². The molecular weight excluding hydrogens is 366 g/mol. The molecule has 2 amide bonds. The van der Waals surface area contributed by atoms with E-state index in [0.717, 1.165) is 19.5 Å². The molecule has 2 bridgehead atoms. The second kappa shape index (κ2) is 8.13. The van der Waals surface area contributed by atoms with Crippen molar-refractivity contribution in [2.45, 2.75) is 51.2 Å². The van der Waals surface area contributed by atoms with Crippen LogP contribution in [0.15, 0.2) is 24.3 Å². The molecule has 3 fully saturated rings. The van der Waals surface area contributed by atoms with Crippen molar-refractivity contribution in [3.63, 3.8) is 0 Å². The first kappa shape index (κ1) is 20.7. The SMILES string of the molecule is CC(C)(C)NC(=O)CN1C2CC1CN(CC(=O)Nc1cccc(C(F)F)c1)C2. The van der Waals surface area contributed by atoms with Gasteiger partial charge in [0.25, 0.3) is 6.43 Å². The van der Waals surface area contributed by atoms with Crippen LogP contribution in [0.4, 0.5) is 14.5 Å². The molecule has 6 nitrogen and oxygen atoms in total. The molecule has 3 aliphatic rings. The van der Waals surface area contributed by atoms with Crippen LogP contribution in [0.2, 0.25) is 0 Å². The molecule has 1 aromatic rings. The van der Waals surface area contributed by atoms with Crippen molar-refractivity contribution in [1.29, 1.82) is 0 Å². The zero-order valence-electron chi connectivity index (χ0n) is 16.5. The minimum absolute atomic E-state index is 0.0207. The second-order valence-corrected chi connectivity index (χ2v) is 8.68. The summed E-state index contributed by atoms with van der Waals surface area (Å²) in [6.07, 6.45) is -1.52. The first-order valence-corrected chi connectivity index (χ1v) is 9.58. The van der Waals surface area contributed by atoms with Crippen molar-refractivity contribution < 1.29 is 18.4 Å². The van der Waals surface area contributed by atoms with Gasteiger partial charge in [-0.05, 0) is 39.3 Å². The lowest BCUT2D eigenvalue weighted by atomic mass is 9.87. The van der Waals surface area contributed by atoms with E-state index in [-0.39, 0.29) is 41.5 Å². The maximum Gasteiger partial charge on any atom is 0.263 e. The number of anilines is 1. The van der Waals surface area contributed by atoms with Gasteiger partial charge in [-0.3, -0.25) is 19.4 Å². The number of piperazine rings is 1. The number of carbonyl (C=O) groups is 2. The molecular formula is C20H28F2N4O2. The number of hydrogen-bond acceptors (Lipinski definition) is 4. The predicted molar refractivity (Wildman–Crippen MR) is 103 cm³/mol. The molecule has 2 unspecified atom stereocenters. The maximum atomic E-state index is 12.8. The Morgan fingerprint density at radius 3 is 2.43 bits per heavy atom. The fourth-order valence-corrected chi connectivity index (χ4v) is 3.94. The number of piperidine rings is 1. The number of fused-ring (bicyclic) bond motifs is 2. The zero-order valence-corrected chi connectivity index (χ0v) is 16.5. The standard InChI is InChI=1S/C20H28F2N4O2/c1-20(2,3)24-18(28)12-26-15-8-16(26)10-25(9-15)11-17(27)23-14-6-4-5-13(7-14)19(21)22/h4-7,15-16,19H,8-12H2,1-3H3,(H,23,27)(H,24,28). The van der Waals surface area contributed by atoms with E-state index >= 15 is 0 Å². The summed E-state index contributed by atoms with van der Waals surface area (Å²) in [7, 11) is 0. The summed E-state index contributed by atoms with van der Waals surface area (Å²) >= 11 is 0. The quantitative estimate of drug-likeness (QED) is 0.777. The molecule has 0 saturated carbocycles. The number of carbonyl (C=O) groups excluding carboxylic acids is 2. The lowest BCUT2D eigenvalue weighted by Crippen LogP contribution is -2.70. The lowest BCUT2D eigenvalue weighted by molar-refractivity contribution is -0.134. The van der Waals surface area contributed by atoms with Gasteiger partial charge in [-0.1, -0.05) is 12.1 Å². The van der Waals surface area contributed by atoms with Crippen LogP contribution in [0.1, 0.15) is 39.2 Å². The van der Waals surface area contributed by atoms with Crippen LogP contribution in [0.25, 0.3) is 0 Å². The molecule has 3 saturated heterocycles. The summed E-state index contributed by atoms with van der Waals surface area (Å²) in [6, 6.07) is 6.30. The molecule has 1 aromatic carbocycles. The largest absolute Gasteiger partial charge is 0.350 e. The molecule has 2 N–H and O–H groups in total. The molecule has 8 heteroatoms. The summed E-state index contributed by atoms with van der Waals surface area (Å²) in [4.78, 5) is 28.7. The molecule has 4 rings (SSSR count). The number of nitrogens with one attached hydrogen (secondary N) is 2. The Bertz CT molecular complexity index is 723. The van der Waals surface area contributed by atoms with Crippen LogP contribution >= 0.6 is 0 Å². The molecule has 0 spiro atoms. The molecule has 3 aliphatic heterocycles. The van der Waals surface area contributed by atoms with Gasteiger partial charge in [-0.2, -0.15) is 0 Å². The highest BCUT2D eigenvalue weighted by molar-refractivity contribution is 5.92. The van der Waals surface area contributed by atoms with Crippen molar-refractivity contribution in [2.75, 3.05) is 31.5 Å². The number of alkyl halides is 2. The van der Waals surface area contributed by atoms with E-state index in [4.69, 9.17) is 0 Å². The van der Waals surface area contributed by atoms with Gasteiger partial charge in [0.1, 0.15) is 0 Å². The van der Waals surface area contributed by atoms with Crippen LogP contribution in [0.3, 0.4) is 0 Å². The van der Waals surface area contributed by atoms with Gasteiger partial charge >= 0.3 is 0 Å². The van der Waals surface area contributed by atoms with Crippen molar-refractivity contribution in [1.82, 2.24) is 15.1 Å². The van der Waals surface area contributed by atoms with Crippen LogP contribution < -0.4 is 10.6 Å². The highest BCUT2D eigenvalue weighted by Crippen LogP contribution is 2.31. The van der Waals surface area contributed by atoms with E-state index in [1.807, 2.05) is 20.8 Å². The second-order valence-electron chi connectivity index (χ2n) is 8.68. The van der Waals surface area contributed by atoms with Crippen LogP contribution in [0, 0.1) is 0 Å². The number of benzene rings is 1. The summed E-state index contributed by atoms with van der Waals surface area (Å²) < 4.78 is 25.5. The van der Waals surface area contributed by atoms with Crippen LogP contribution in [0.5, 0.6) is 0 Å². The van der Waals surface area contributed by atoms with E-state index in [9.17, 15) is 18.4 Å². The average molecular weight is 394 g/mol. The smallest absolute Gasteiger partial charge is 0.263 e. The fourth-order valence-electron chi connectivity index (χ4n) is 3.94. The lowest BCUT2D eigenvalue weighted by Gasteiger charge is -2.56. The van der Waals surface area contributed by atoms with Gasteiger partial charge in [-0.15, -0.1) is 0 Å². The van der Waals surface area contributed by atoms with E-state index in [0.29, 0.717) is 12.2 Å². The van der Waals surface area contributed by atoms with Gasteiger partial charge in [0.2, 0.25) is 11.8 Å². The van der Waals surface area contributed by atoms with Crippen LogP contribution in [-0.2, 0) is 9.59 Å². The molecule has 28 heavy (non-hydrogen) atoms. The first-order chi connectivity index (χ1) is 13.1. The summed E-state index contributed by atoms with van der Waals surface area (Å²) in [6.45, 7) is 7.92. The molecule has 0 aliphatic carbocycles. The zero-order chi connectivity index (χ0) is 20.5. The van der Waals surface area contributed by atoms with Crippen molar-refractivity contribution in [3.05, 3.63) is 29.8 Å². The Labute approximate surface area is 164 Å². The average Bonchev–Trinajstić information content (AvgIpc) is 2.58. The van der Waals surface area contributed by atoms with E-state index in [1.54, 1.807) is 6.07 Å². The van der Waals surface area contributed by atoms with Gasteiger partial charge in [0.05, 0.1) is 13.1 Å². The third-order valence-corrected chi connectivity index (χ3v) is 5.05. The van der Waals surface area contributed by atoms with Gasteiger partial charge in [-0.25, -0.2) is 8.78 Å². The highest BCUT2D eigenvalue weighted by atomic mass is 19.3. The van der Waals surface area contributed by atoms with Gasteiger partial charge in [0.15, 0.2) is 0 Å². The summed E-state index contributed by atoms with van der Waals surface area (Å²) in [5, 5.41) is 5.67. The molecule has 154 valence electrons. The van der Waals surface area contributed by atoms with Crippen molar-refractivity contribution in [3.8, 4) is 0 Å². The third-order valence-electron chi connectivity index (χ3n) is 5.05.